The number of Topliss-reactive ketones (excluding diaryl/α,β-unsaturated/α-hetero) is 1. The molecule has 2 heterocycles. The predicted octanol–water partition coefficient (Wildman–Crippen LogP) is 5.93. The fourth-order valence-electron chi connectivity index (χ4n) is 10.1. The monoisotopic (exact) mass is 1250 g/mol. The standard InChI is InChI=1S/C32H49N3O10.C30H42N2O9.ClH/c1-17-10-23-28(34-15-21(37)16-36)25(38)14-24(30(23)40)35-31(41)18(2)8-7-9-22(43-5)13-26(45-32(33)42)19(3)12-20(4)29(39)27(11-17)44-6;1-16-11-21-27(35)22(15-23(33)28(21)40-7)32-29(36)17(2)9-8-10-20(38-5)14-24(41-30(31)37)18(3)13-19(4)26(34)25(12-16)39-6;/h7-9,12,14,17,20-22,26-27,29,34,36-40H,10-11,13,15-16H2,1-6H3,(H2,33,42)(H,35,41);8-10,13,15-16,19-20,24-26,34H,11-12,14H2,1-7H3,(H2,31,37)(H,32,36);1H/b9-7-,18-8+,19-12+;10-8-,17-9+,18-13+;/t17-,20+,21?,22+,26-,27+,29-;16-,19+,20+,24-,25+,26-;/m11./s1. The Hall–Kier alpha value is -6.87. The molecule has 0 radical (unpaired) electrons. The predicted molar refractivity (Wildman–Crippen MR) is 328 cm³/mol. The second-order valence-corrected chi connectivity index (χ2v) is 22.0. The normalized spacial score (nSPS) is 30.4. The number of allylic oxidation sites excluding steroid dienone is 6. The number of phenolic OH excluding ortho intramolecular Hbond substituents is 2. The van der Waals surface area contributed by atoms with Crippen molar-refractivity contribution in [2.24, 2.45) is 35.1 Å². The number of anilines is 2. The van der Waals surface area contributed by atoms with Gasteiger partial charge in [0.2, 0.25) is 11.6 Å². The maximum atomic E-state index is 13.4. The van der Waals surface area contributed by atoms with Gasteiger partial charge in [-0.2, -0.15) is 0 Å². The van der Waals surface area contributed by atoms with Crippen LogP contribution in [0.1, 0.15) is 93.1 Å². The van der Waals surface area contributed by atoms with E-state index in [1.165, 1.54) is 47.7 Å². The summed E-state index contributed by atoms with van der Waals surface area (Å²) in [7, 11) is 7.26. The highest BCUT2D eigenvalue weighted by Crippen LogP contribution is 2.43. The van der Waals surface area contributed by atoms with Gasteiger partial charge in [0.25, 0.3) is 11.8 Å². The second-order valence-electron chi connectivity index (χ2n) is 22.0. The number of carbonyl (C=O) groups excluding carboxylic acids is 6. The summed E-state index contributed by atoms with van der Waals surface area (Å²) < 4.78 is 38.4. The molecular formula is C62H92ClN5O19. The number of hydrogen-bond acceptors (Lipinski definition) is 20. The molecule has 0 fully saturated rings. The number of aliphatic hydroxyl groups excluding tert-OH is 4. The number of nitrogens with one attached hydrogen (secondary N) is 3. The first-order chi connectivity index (χ1) is 40.5. The zero-order valence-electron chi connectivity index (χ0n) is 52.0. The molecule has 24 nitrogen and oxygen atoms in total. The smallest absolute Gasteiger partial charge is 0.405 e. The van der Waals surface area contributed by atoms with Crippen molar-refractivity contribution in [3.05, 3.63) is 106 Å². The molecule has 0 saturated heterocycles. The van der Waals surface area contributed by atoms with E-state index in [1.807, 2.05) is 27.7 Å². The minimum Gasteiger partial charge on any atom is -0.506 e. The molecule has 2 aliphatic heterocycles. The highest BCUT2D eigenvalue weighted by molar-refractivity contribution is 6.23. The molecule has 1 aromatic carbocycles. The van der Waals surface area contributed by atoms with Gasteiger partial charge in [-0.25, -0.2) is 9.59 Å². The lowest BCUT2D eigenvalue weighted by molar-refractivity contribution is -0.120. The number of carbonyl (C=O) groups is 6. The average molecular weight is 1250 g/mol. The van der Waals surface area contributed by atoms with Gasteiger partial charge in [-0.3, -0.25) is 19.2 Å². The van der Waals surface area contributed by atoms with Crippen LogP contribution in [0, 0.1) is 23.7 Å². The topological polar surface area (TPSA) is 377 Å². The van der Waals surface area contributed by atoms with Gasteiger partial charge in [-0.15, -0.1) is 12.4 Å². The summed E-state index contributed by atoms with van der Waals surface area (Å²) in [5.41, 5.74) is 12.9. The van der Waals surface area contributed by atoms with Crippen LogP contribution in [0.25, 0.3) is 0 Å². The number of primary amides is 2. The number of nitrogens with two attached hydrogens (primary N) is 2. The summed E-state index contributed by atoms with van der Waals surface area (Å²) in [4.78, 5) is 75.4. The Morgan fingerprint density at radius 2 is 1.16 bits per heavy atom. The van der Waals surface area contributed by atoms with Crippen molar-refractivity contribution < 1.29 is 92.6 Å². The Morgan fingerprint density at radius 3 is 1.59 bits per heavy atom. The van der Waals surface area contributed by atoms with Gasteiger partial charge in [0, 0.05) is 94.1 Å². The van der Waals surface area contributed by atoms with Crippen molar-refractivity contribution in [1.82, 2.24) is 5.32 Å². The highest BCUT2D eigenvalue weighted by Gasteiger charge is 2.35. The van der Waals surface area contributed by atoms with Crippen LogP contribution in [0.15, 0.2) is 100 Å². The summed E-state index contributed by atoms with van der Waals surface area (Å²) >= 11 is 0. The van der Waals surface area contributed by atoms with E-state index in [1.54, 1.807) is 70.2 Å². The van der Waals surface area contributed by atoms with E-state index in [9.17, 15) is 59.4 Å². The molecular weight excluding hydrogens is 1150 g/mol. The van der Waals surface area contributed by atoms with E-state index < -0.39 is 109 Å². The number of hydrogen-bond donors (Lipinski definition) is 11. The SMILES string of the molecule is COC1=C2C[C@@H](C)C[C@H](OC)[C@H](O)[C@@H](C)/C=C(\C)[C@H](OC(N)=O)C[C@@H](OC)/C=C\C=C(/C)C(=O)NC(=CC1=O)C2=O.CO[C@H]1C[C@H](C)Cc2c(O)c(cc(O)c2NCC(O)CO)NC(=O)/C(C)=C/C=C\[C@H](OC)C[C@@H](OC(N)=O)/C(C)=C/[C@H](C)[C@H]1O.Cl. The molecule has 4 bridgehead atoms. The second kappa shape index (κ2) is 37.1. The molecule has 486 valence electrons. The van der Waals surface area contributed by atoms with Crippen molar-refractivity contribution in [3.8, 4) is 11.5 Å². The molecule has 25 heteroatoms. The van der Waals surface area contributed by atoms with Crippen LogP contribution in [0.3, 0.4) is 0 Å². The van der Waals surface area contributed by atoms with Gasteiger partial charge >= 0.3 is 12.2 Å². The third-order valence-electron chi connectivity index (χ3n) is 15.1. The molecule has 4 rings (SSSR count). The van der Waals surface area contributed by atoms with Crippen LogP contribution in [0.4, 0.5) is 21.0 Å². The Labute approximate surface area is 515 Å². The maximum Gasteiger partial charge on any atom is 0.405 e. The number of amides is 4. The molecule has 0 aromatic heterocycles. The molecule has 0 spiro atoms. The number of halogens is 1. The zero-order chi connectivity index (χ0) is 64.7. The summed E-state index contributed by atoms with van der Waals surface area (Å²) in [5.74, 6) is -4.08. The summed E-state index contributed by atoms with van der Waals surface area (Å²) in [5, 5.41) is 71.8. The quantitative estimate of drug-likeness (QED) is 0.0529. The molecule has 1 aromatic rings. The van der Waals surface area contributed by atoms with Crippen LogP contribution < -0.4 is 27.4 Å². The number of benzene rings is 1. The number of ether oxygens (including phenoxy) is 7. The van der Waals surface area contributed by atoms with Crippen LogP contribution in [-0.2, 0) is 58.8 Å². The van der Waals surface area contributed by atoms with Crippen molar-refractivity contribution in [2.75, 3.05) is 59.3 Å². The van der Waals surface area contributed by atoms with Crippen LogP contribution in [-0.4, -0.2) is 170 Å². The molecule has 3 aliphatic rings. The minimum absolute atomic E-state index is 0. The minimum atomic E-state index is -1.12. The van der Waals surface area contributed by atoms with E-state index in [4.69, 9.17) is 44.6 Å². The van der Waals surface area contributed by atoms with Crippen molar-refractivity contribution in [3.63, 3.8) is 0 Å². The first kappa shape index (κ1) is 76.2. The van der Waals surface area contributed by atoms with Gasteiger partial charge in [0.1, 0.15) is 23.7 Å². The number of rotatable bonds is 11. The molecule has 1 unspecified atom stereocenters. The zero-order valence-corrected chi connectivity index (χ0v) is 52.8. The van der Waals surface area contributed by atoms with E-state index in [2.05, 4.69) is 16.0 Å². The number of ketones is 2. The Bertz CT molecular complexity index is 2790. The number of phenols is 2. The van der Waals surface area contributed by atoms with Gasteiger partial charge in [0.15, 0.2) is 5.76 Å². The lowest BCUT2D eigenvalue weighted by Crippen LogP contribution is -2.36. The number of methoxy groups -OCH3 is 5. The molecule has 0 saturated carbocycles. The molecule has 4 amide bonds. The Kier molecular flexibility index (Phi) is 32.5. The highest BCUT2D eigenvalue weighted by atomic mass is 35.5. The van der Waals surface area contributed by atoms with Gasteiger partial charge in [0.05, 0.1) is 73.5 Å². The fraction of sp³-hybridized carbons (Fsp3) is 0.548. The van der Waals surface area contributed by atoms with E-state index >= 15 is 0 Å². The molecule has 13 atom stereocenters. The summed E-state index contributed by atoms with van der Waals surface area (Å²) in [6.45, 7) is 13.4. The maximum absolute atomic E-state index is 13.4. The molecule has 13 N–H and O–H groups in total. The van der Waals surface area contributed by atoms with Gasteiger partial charge in [-0.05, 0) is 76.4 Å². The summed E-state index contributed by atoms with van der Waals surface area (Å²) in [6, 6.07) is 1.20. The average Bonchev–Trinajstić information content (AvgIpc) is 2.08. The van der Waals surface area contributed by atoms with Crippen LogP contribution in [0.2, 0.25) is 0 Å². The molecule has 87 heavy (non-hydrogen) atoms. The first-order valence-electron chi connectivity index (χ1n) is 28.3. The Balaban J connectivity index is 0.000000589. The third-order valence-corrected chi connectivity index (χ3v) is 15.1. The molecule has 1 aliphatic carbocycles. The Morgan fingerprint density at radius 1 is 0.701 bits per heavy atom. The van der Waals surface area contributed by atoms with Crippen LogP contribution >= 0.6 is 12.4 Å². The van der Waals surface area contributed by atoms with Crippen molar-refractivity contribution in [2.45, 2.75) is 149 Å². The summed E-state index contributed by atoms with van der Waals surface area (Å²) in [6.07, 6.45) is 7.03. The third kappa shape index (κ3) is 23.3. The lowest BCUT2D eigenvalue weighted by Gasteiger charge is -2.29. The van der Waals surface area contributed by atoms with E-state index in [-0.39, 0.29) is 113 Å². The fourth-order valence-corrected chi connectivity index (χ4v) is 10.1. The van der Waals surface area contributed by atoms with Crippen molar-refractivity contribution in [1.29, 1.82) is 0 Å². The largest absolute Gasteiger partial charge is 0.506 e. The van der Waals surface area contributed by atoms with E-state index in [0.717, 1.165) is 6.08 Å². The van der Waals surface area contributed by atoms with Gasteiger partial charge < -0.3 is 91.2 Å². The van der Waals surface area contributed by atoms with Crippen LogP contribution in [0.5, 0.6) is 11.5 Å². The van der Waals surface area contributed by atoms with Gasteiger partial charge in [-0.1, -0.05) is 76.3 Å². The van der Waals surface area contributed by atoms with E-state index in [0.29, 0.717) is 24.0 Å². The number of aromatic hydroxyl groups is 2. The first-order valence-corrected chi connectivity index (χ1v) is 28.3. The number of fused-ring (bicyclic) bond motifs is 4. The number of aliphatic hydroxyl groups is 4. The lowest BCUT2D eigenvalue weighted by atomic mass is 9.85. The van der Waals surface area contributed by atoms with Crippen molar-refractivity contribution >= 4 is 59.3 Å².